The van der Waals surface area contributed by atoms with Crippen molar-refractivity contribution in [1.82, 2.24) is 10.3 Å². The van der Waals surface area contributed by atoms with Crippen LogP contribution in [-0.2, 0) is 0 Å². The number of hydrogen-bond acceptors (Lipinski definition) is 3. The molecule has 2 N–H and O–H groups in total. The van der Waals surface area contributed by atoms with Crippen molar-refractivity contribution in [2.45, 2.75) is 32.7 Å². The van der Waals surface area contributed by atoms with Crippen molar-refractivity contribution in [1.29, 1.82) is 0 Å². The molecule has 0 unspecified atom stereocenters. The summed E-state index contributed by atoms with van der Waals surface area (Å²) in [5.41, 5.74) is 4.67. The van der Waals surface area contributed by atoms with E-state index in [9.17, 15) is 0 Å². The van der Waals surface area contributed by atoms with Gasteiger partial charge in [-0.25, -0.2) is 0 Å². The summed E-state index contributed by atoms with van der Waals surface area (Å²) in [6.07, 6.45) is 2.40. The van der Waals surface area contributed by atoms with Gasteiger partial charge in [-0.15, -0.1) is 12.4 Å². The van der Waals surface area contributed by atoms with Crippen LogP contribution in [0.1, 0.15) is 24.1 Å². The summed E-state index contributed by atoms with van der Waals surface area (Å²) in [6.45, 7) is 6.42. The molecule has 0 amide bonds. The minimum Gasteiger partial charge on any atom is -0.382 e. The normalized spacial score (nSPS) is 15.9. The van der Waals surface area contributed by atoms with Gasteiger partial charge in [0.2, 0.25) is 0 Å². The molecular formula is C16H22ClN3. The van der Waals surface area contributed by atoms with Gasteiger partial charge in [0.05, 0.1) is 5.52 Å². The van der Waals surface area contributed by atoms with E-state index >= 15 is 0 Å². The van der Waals surface area contributed by atoms with E-state index in [4.69, 9.17) is 0 Å². The molecule has 0 aliphatic carbocycles. The Balaban J connectivity index is 0.00000147. The van der Waals surface area contributed by atoms with Gasteiger partial charge in [0.25, 0.3) is 0 Å². The molecule has 3 rings (SSSR count). The number of nitrogens with one attached hydrogen (secondary N) is 2. The molecule has 2 heterocycles. The molecule has 1 saturated heterocycles. The first-order chi connectivity index (χ1) is 9.22. The SMILES string of the molecule is Cc1cc2cc(NC3CCNCC3)ccc2nc1C.Cl. The number of aryl methyl sites for hydroxylation is 2. The first-order valence-corrected chi connectivity index (χ1v) is 7.07. The fourth-order valence-electron chi connectivity index (χ4n) is 2.67. The summed E-state index contributed by atoms with van der Waals surface area (Å²) in [7, 11) is 0. The Bertz CT molecular complexity index is 592. The van der Waals surface area contributed by atoms with E-state index < -0.39 is 0 Å². The fraction of sp³-hybridized carbons (Fsp3) is 0.438. The van der Waals surface area contributed by atoms with Crippen molar-refractivity contribution in [3.8, 4) is 0 Å². The van der Waals surface area contributed by atoms with Crippen LogP contribution in [0.2, 0.25) is 0 Å². The molecule has 1 aliphatic rings. The monoisotopic (exact) mass is 291 g/mol. The van der Waals surface area contributed by atoms with Gasteiger partial charge in [0.1, 0.15) is 0 Å². The quantitative estimate of drug-likeness (QED) is 0.890. The highest BCUT2D eigenvalue weighted by Gasteiger charge is 2.12. The Labute approximate surface area is 126 Å². The molecule has 0 bridgehead atoms. The lowest BCUT2D eigenvalue weighted by atomic mass is 10.1. The van der Waals surface area contributed by atoms with Crippen LogP contribution < -0.4 is 10.6 Å². The molecule has 0 spiro atoms. The molecule has 0 radical (unpaired) electrons. The Hall–Kier alpha value is -1.32. The van der Waals surface area contributed by atoms with E-state index in [0.717, 1.165) is 24.3 Å². The number of rotatable bonds is 2. The second-order valence-electron chi connectivity index (χ2n) is 5.47. The average molecular weight is 292 g/mol. The topological polar surface area (TPSA) is 37.0 Å². The number of benzene rings is 1. The van der Waals surface area contributed by atoms with Crippen LogP contribution in [0.15, 0.2) is 24.3 Å². The van der Waals surface area contributed by atoms with Gasteiger partial charge in [-0.05, 0) is 69.6 Å². The molecule has 1 aliphatic heterocycles. The molecule has 108 valence electrons. The Morgan fingerprint density at radius 2 is 1.90 bits per heavy atom. The molecule has 0 saturated carbocycles. The zero-order valence-corrected chi connectivity index (χ0v) is 12.9. The lowest BCUT2D eigenvalue weighted by molar-refractivity contribution is 0.479. The highest BCUT2D eigenvalue weighted by Crippen LogP contribution is 2.21. The van der Waals surface area contributed by atoms with Crippen LogP contribution in [0.5, 0.6) is 0 Å². The number of anilines is 1. The first-order valence-electron chi connectivity index (χ1n) is 7.07. The van der Waals surface area contributed by atoms with E-state index in [2.05, 4.69) is 53.7 Å². The molecule has 1 aromatic carbocycles. The standard InChI is InChI=1S/C16H21N3.ClH/c1-11-9-13-10-15(3-4-16(13)18-12(11)2)19-14-5-7-17-8-6-14;/h3-4,9-10,14,17,19H,5-8H2,1-2H3;1H. The van der Waals surface area contributed by atoms with Crippen LogP contribution in [0, 0.1) is 13.8 Å². The largest absolute Gasteiger partial charge is 0.382 e. The van der Waals surface area contributed by atoms with Gasteiger partial charge in [0.15, 0.2) is 0 Å². The van der Waals surface area contributed by atoms with E-state index in [0.29, 0.717) is 6.04 Å². The van der Waals surface area contributed by atoms with E-state index in [-0.39, 0.29) is 12.4 Å². The molecule has 2 aromatic rings. The first kappa shape index (κ1) is 15.1. The van der Waals surface area contributed by atoms with Gasteiger partial charge >= 0.3 is 0 Å². The number of nitrogens with zero attached hydrogens (tertiary/aromatic N) is 1. The minimum absolute atomic E-state index is 0. The van der Waals surface area contributed by atoms with Crippen LogP contribution in [0.3, 0.4) is 0 Å². The Morgan fingerprint density at radius 1 is 1.15 bits per heavy atom. The summed E-state index contributed by atoms with van der Waals surface area (Å²) in [4.78, 5) is 4.63. The van der Waals surface area contributed by atoms with Crippen LogP contribution in [-0.4, -0.2) is 24.1 Å². The second kappa shape index (κ2) is 6.42. The maximum Gasteiger partial charge on any atom is 0.0706 e. The van der Waals surface area contributed by atoms with Crippen molar-refractivity contribution in [2.24, 2.45) is 0 Å². The van der Waals surface area contributed by atoms with Crippen molar-refractivity contribution >= 4 is 29.0 Å². The van der Waals surface area contributed by atoms with E-state index in [1.807, 2.05) is 0 Å². The third-order valence-electron chi connectivity index (χ3n) is 3.97. The van der Waals surface area contributed by atoms with Crippen LogP contribution in [0.25, 0.3) is 10.9 Å². The van der Waals surface area contributed by atoms with Gasteiger partial charge in [-0.2, -0.15) is 0 Å². The summed E-state index contributed by atoms with van der Waals surface area (Å²) in [6, 6.07) is 9.30. The second-order valence-corrected chi connectivity index (χ2v) is 5.47. The minimum atomic E-state index is 0. The van der Waals surface area contributed by atoms with Crippen molar-refractivity contribution in [3.05, 3.63) is 35.5 Å². The van der Waals surface area contributed by atoms with Crippen molar-refractivity contribution in [2.75, 3.05) is 18.4 Å². The predicted octanol–water partition coefficient (Wildman–Crippen LogP) is 3.44. The summed E-state index contributed by atoms with van der Waals surface area (Å²) in [5.74, 6) is 0. The fourth-order valence-corrected chi connectivity index (χ4v) is 2.67. The highest BCUT2D eigenvalue weighted by molar-refractivity contribution is 5.85. The number of pyridine rings is 1. The third kappa shape index (κ3) is 3.22. The molecule has 1 fully saturated rings. The lowest BCUT2D eigenvalue weighted by Gasteiger charge is -2.24. The number of halogens is 1. The predicted molar refractivity (Wildman–Crippen MR) is 88.0 cm³/mol. The van der Waals surface area contributed by atoms with Crippen molar-refractivity contribution < 1.29 is 0 Å². The van der Waals surface area contributed by atoms with E-state index in [1.165, 1.54) is 29.5 Å². The maximum atomic E-state index is 4.63. The van der Waals surface area contributed by atoms with Gasteiger partial charge < -0.3 is 10.6 Å². The van der Waals surface area contributed by atoms with Crippen LogP contribution in [0.4, 0.5) is 5.69 Å². The molecule has 20 heavy (non-hydrogen) atoms. The smallest absolute Gasteiger partial charge is 0.0706 e. The van der Waals surface area contributed by atoms with Gasteiger partial charge in [-0.3, -0.25) is 4.98 Å². The van der Waals surface area contributed by atoms with Gasteiger partial charge in [0, 0.05) is 22.8 Å². The average Bonchev–Trinajstić information content (AvgIpc) is 2.42. The molecule has 4 heteroatoms. The summed E-state index contributed by atoms with van der Waals surface area (Å²) in [5, 5.41) is 8.26. The van der Waals surface area contributed by atoms with E-state index in [1.54, 1.807) is 0 Å². The summed E-state index contributed by atoms with van der Waals surface area (Å²) >= 11 is 0. The number of piperidine rings is 1. The van der Waals surface area contributed by atoms with Gasteiger partial charge in [-0.1, -0.05) is 0 Å². The number of aromatic nitrogens is 1. The zero-order chi connectivity index (χ0) is 13.2. The Kier molecular flexibility index (Phi) is 4.84. The molecule has 0 atom stereocenters. The third-order valence-corrected chi connectivity index (χ3v) is 3.97. The van der Waals surface area contributed by atoms with Crippen molar-refractivity contribution in [3.63, 3.8) is 0 Å². The van der Waals surface area contributed by atoms with Crippen LogP contribution >= 0.6 is 12.4 Å². The molecule has 1 aromatic heterocycles. The number of hydrogen-bond donors (Lipinski definition) is 2. The lowest BCUT2D eigenvalue weighted by Crippen LogP contribution is -2.35. The maximum absolute atomic E-state index is 4.63. The Morgan fingerprint density at radius 3 is 2.65 bits per heavy atom. The highest BCUT2D eigenvalue weighted by atomic mass is 35.5. The molecule has 3 nitrogen and oxygen atoms in total. The zero-order valence-electron chi connectivity index (χ0n) is 12.1. The molecular weight excluding hydrogens is 270 g/mol. The number of fused-ring (bicyclic) bond motifs is 1. The summed E-state index contributed by atoms with van der Waals surface area (Å²) < 4.78 is 0.